The average Bonchev–Trinajstić information content (AvgIpc) is 2.49. The van der Waals surface area contributed by atoms with Gasteiger partial charge in [0.05, 0.1) is 6.33 Å². The number of nitrogens with zero attached hydrogens (tertiary/aromatic N) is 4. The Morgan fingerprint density at radius 2 is 1.92 bits per heavy atom. The molecule has 0 spiro atoms. The zero-order chi connectivity index (χ0) is 9.56. The summed E-state index contributed by atoms with van der Waals surface area (Å²) in [5.41, 5.74) is 0.493. The molecule has 4 nitrogen and oxygen atoms in total. The van der Waals surface area contributed by atoms with Crippen molar-refractivity contribution in [1.29, 1.82) is 10.5 Å². The molecule has 0 radical (unpaired) electrons. The second-order valence-electron chi connectivity index (χ2n) is 1.78. The highest BCUT2D eigenvalue weighted by molar-refractivity contribution is 5.35. The molecule has 0 bridgehead atoms. The minimum absolute atomic E-state index is 0.185. The van der Waals surface area contributed by atoms with Gasteiger partial charge in [0.2, 0.25) is 0 Å². The quantitative estimate of drug-likeness (QED) is 0.575. The van der Waals surface area contributed by atoms with Gasteiger partial charge in [-0.2, -0.15) is 10.5 Å². The zero-order valence-electron chi connectivity index (χ0n) is 7.37. The summed E-state index contributed by atoms with van der Waals surface area (Å²) in [7, 11) is 1.67. The number of hydrogen-bond donors (Lipinski definition) is 0. The van der Waals surface area contributed by atoms with Crippen LogP contribution in [0.1, 0.15) is 25.2 Å². The molecule has 0 fully saturated rings. The van der Waals surface area contributed by atoms with Gasteiger partial charge < -0.3 is 4.57 Å². The van der Waals surface area contributed by atoms with Crippen LogP contribution < -0.4 is 0 Å². The predicted molar refractivity (Wildman–Crippen MR) is 44.0 cm³/mol. The van der Waals surface area contributed by atoms with E-state index in [1.807, 2.05) is 26.0 Å². The van der Waals surface area contributed by atoms with Crippen LogP contribution in [0.2, 0.25) is 0 Å². The number of hydrogen-bond acceptors (Lipinski definition) is 3. The molecule has 0 aliphatic carbocycles. The number of aryl methyl sites for hydroxylation is 1. The molecule has 62 valence electrons. The predicted octanol–water partition coefficient (Wildman–Crippen LogP) is 1.19. The summed E-state index contributed by atoms with van der Waals surface area (Å²) in [6.45, 7) is 4.00. The Bertz CT molecular complexity index is 324. The van der Waals surface area contributed by atoms with Gasteiger partial charge in [-0.1, -0.05) is 13.8 Å². The van der Waals surface area contributed by atoms with Gasteiger partial charge in [-0.15, -0.1) is 0 Å². The molecule has 1 heterocycles. The van der Waals surface area contributed by atoms with Crippen molar-refractivity contribution >= 4 is 0 Å². The van der Waals surface area contributed by atoms with Gasteiger partial charge in [0.25, 0.3) is 0 Å². The van der Waals surface area contributed by atoms with Gasteiger partial charge in [-0.3, -0.25) is 0 Å². The Balaban J connectivity index is 0.000000561. The van der Waals surface area contributed by atoms with Crippen molar-refractivity contribution in [3.05, 3.63) is 17.7 Å². The molecule has 12 heavy (non-hydrogen) atoms. The third-order valence-electron chi connectivity index (χ3n) is 1.15. The fourth-order valence-corrected chi connectivity index (χ4v) is 0.644. The van der Waals surface area contributed by atoms with Gasteiger partial charge >= 0.3 is 0 Å². The lowest BCUT2D eigenvalue weighted by molar-refractivity contribution is 0.896. The lowest BCUT2D eigenvalue weighted by Crippen LogP contribution is -1.89. The molecule has 0 saturated heterocycles. The highest BCUT2D eigenvalue weighted by Crippen LogP contribution is 2.00. The van der Waals surface area contributed by atoms with Crippen molar-refractivity contribution in [3.8, 4) is 12.1 Å². The highest BCUT2D eigenvalue weighted by atomic mass is 15.0. The molecule has 0 atom stereocenters. The molecule has 0 saturated carbocycles. The Hall–Kier alpha value is -1.81. The summed E-state index contributed by atoms with van der Waals surface area (Å²) in [5.74, 6) is 0. The van der Waals surface area contributed by atoms with Crippen LogP contribution in [-0.4, -0.2) is 9.55 Å². The smallest absolute Gasteiger partial charge is 0.176 e. The van der Waals surface area contributed by atoms with Crippen LogP contribution >= 0.6 is 0 Å². The monoisotopic (exact) mass is 162 g/mol. The molecule has 4 heteroatoms. The van der Waals surface area contributed by atoms with Crippen molar-refractivity contribution in [2.45, 2.75) is 13.8 Å². The lowest BCUT2D eigenvalue weighted by atomic mass is 10.4. The Labute approximate surface area is 71.7 Å². The number of imidazole rings is 1. The Morgan fingerprint density at radius 1 is 1.33 bits per heavy atom. The lowest BCUT2D eigenvalue weighted by Gasteiger charge is -1.86. The van der Waals surface area contributed by atoms with Crippen LogP contribution in [0, 0.1) is 22.7 Å². The third kappa shape index (κ3) is 1.83. The molecule has 0 aliphatic heterocycles. The van der Waals surface area contributed by atoms with E-state index in [1.165, 1.54) is 10.9 Å². The minimum Gasteiger partial charge on any atom is -0.324 e. The van der Waals surface area contributed by atoms with E-state index in [-0.39, 0.29) is 5.69 Å². The molecule has 1 aromatic heterocycles. The Morgan fingerprint density at radius 3 is 2.25 bits per heavy atom. The third-order valence-corrected chi connectivity index (χ3v) is 1.15. The SMILES string of the molecule is CC.Cn1cnc(C#N)c1C#N. The van der Waals surface area contributed by atoms with E-state index in [9.17, 15) is 0 Å². The maximum absolute atomic E-state index is 8.46. The first-order valence-corrected chi connectivity index (χ1v) is 3.61. The molecule has 0 unspecified atom stereocenters. The van der Waals surface area contributed by atoms with E-state index in [0.29, 0.717) is 5.69 Å². The van der Waals surface area contributed by atoms with Crippen molar-refractivity contribution < 1.29 is 0 Å². The average molecular weight is 162 g/mol. The fourth-order valence-electron chi connectivity index (χ4n) is 0.644. The van der Waals surface area contributed by atoms with E-state index >= 15 is 0 Å². The normalized spacial score (nSPS) is 7.42. The summed E-state index contributed by atoms with van der Waals surface area (Å²) >= 11 is 0. The molecule has 0 aromatic carbocycles. The molecular formula is C8H10N4. The zero-order valence-corrected chi connectivity index (χ0v) is 7.37. The largest absolute Gasteiger partial charge is 0.324 e. The molecular weight excluding hydrogens is 152 g/mol. The van der Waals surface area contributed by atoms with Crippen LogP contribution in [0.5, 0.6) is 0 Å². The first-order valence-electron chi connectivity index (χ1n) is 3.61. The highest BCUT2D eigenvalue weighted by Gasteiger charge is 2.04. The summed E-state index contributed by atoms with van der Waals surface area (Å²) in [6, 6.07) is 3.69. The number of rotatable bonds is 0. The maximum atomic E-state index is 8.46. The van der Waals surface area contributed by atoms with Crippen LogP contribution in [0.3, 0.4) is 0 Å². The first kappa shape index (κ1) is 10.2. The van der Waals surface area contributed by atoms with Crippen molar-refractivity contribution in [2.24, 2.45) is 7.05 Å². The number of nitriles is 2. The van der Waals surface area contributed by atoms with E-state index in [4.69, 9.17) is 10.5 Å². The first-order chi connectivity index (χ1) is 5.79. The van der Waals surface area contributed by atoms with Gasteiger partial charge in [0.1, 0.15) is 12.1 Å². The second-order valence-corrected chi connectivity index (χ2v) is 1.78. The maximum Gasteiger partial charge on any atom is 0.176 e. The van der Waals surface area contributed by atoms with E-state index in [2.05, 4.69) is 4.98 Å². The number of aromatic nitrogens is 2. The molecule has 0 N–H and O–H groups in total. The van der Waals surface area contributed by atoms with Gasteiger partial charge in [0.15, 0.2) is 11.4 Å². The van der Waals surface area contributed by atoms with Gasteiger partial charge in [0, 0.05) is 7.05 Å². The summed E-state index contributed by atoms with van der Waals surface area (Å²) in [4.78, 5) is 3.68. The summed E-state index contributed by atoms with van der Waals surface area (Å²) in [6.07, 6.45) is 1.44. The van der Waals surface area contributed by atoms with E-state index in [0.717, 1.165) is 0 Å². The topological polar surface area (TPSA) is 65.4 Å². The summed E-state index contributed by atoms with van der Waals surface area (Å²) in [5, 5.41) is 16.8. The van der Waals surface area contributed by atoms with Crippen molar-refractivity contribution in [3.63, 3.8) is 0 Å². The molecule has 1 rings (SSSR count). The second kappa shape index (κ2) is 4.92. The fraction of sp³-hybridized carbons (Fsp3) is 0.375. The van der Waals surface area contributed by atoms with Crippen LogP contribution in [0.25, 0.3) is 0 Å². The minimum atomic E-state index is 0.185. The van der Waals surface area contributed by atoms with E-state index < -0.39 is 0 Å². The Kier molecular flexibility index (Phi) is 4.18. The molecule has 1 aromatic rings. The molecule has 0 amide bonds. The molecule has 0 aliphatic rings. The van der Waals surface area contributed by atoms with Crippen LogP contribution in [-0.2, 0) is 7.05 Å². The summed E-state index contributed by atoms with van der Waals surface area (Å²) < 4.78 is 1.51. The van der Waals surface area contributed by atoms with Crippen LogP contribution in [0.15, 0.2) is 6.33 Å². The van der Waals surface area contributed by atoms with Crippen LogP contribution in [0.4, 0.5) is 0 Å². The van der Waals surface area contributed by atoms with Gasteiger partial charge in [-0.05, 0) is 0 Å². The standard InChI is InChI=1S/C6H4N4.C2H6/c1-10-4-9-5(2-7)6(10)3-8;1-2/h4H,1H3;1-2H3. The van der Waals surface area contributed by atoms with Crippen molar-refractivity contribution in [1.82, 2.24) is 9.55 Å². The van der Waals surface area contributed by atoms with Crippen molar-refractivity contribution in [2.75, 3.05) is 0 Å². The van der Waals surface area contributed by atoms with Gasteiger partial charge in [-0.25, -0.2) is 4.98 Å². The van der Waals surface area contributed by atoms with E-state index in [1.54, 1.807) is 7.05 Å².